The number of hydrogen-bond acceptors (Lipinski definition) is 6. The van der Waals surface area contributed by atoms with Crippen LogP contribution in [-0.2, 0) is 24.1 Å². The number of anilines is 2. The summed E-state index contributed by atoms with van der Waals surface area (Å²) in [7, 11) is 2.19. The zero-order valence-corrected chi connectivity index (χ0v) is 29.9. The molecule has 4 N–H and O–H groups in total. The number of piperidine rings is 2. The number of nitrogens with one attached hydrogen (secondary N) is 2. The predicted molar refractivity (Wildman–Crippen MR) is 195 cm³/mol. The maximum absolute atomic E-state index is 14.2. The molecule has 0 bridgehead atoms. The lowest BCUT2D eigenvalue weighted by molar-refractivity contribution is -0.134. The van der Waals surface area contributed by atoms with E-state index < -0.39 is 6.04 Å². The van der Waals surface area contributed by atoms with E-state index in [0.717, 1.165) is 74.2 Å². The summed E-state index contributed by atoms with van der Waals surface area (Å²) in [6.45, 7) is 9.43. The van der Waals surface area contributed by atoms with Crippen molar-refractivity contribution in [1.29, 1.82) is 0 Å². The molecule has 0 aliphatic carbocycles. The molecule has 2 aromatic carbocycles. The monoisotopic (exact) mass is 692 g/mol. The number of hydrogen-bond donors (Lipinski definition) is 3. The van der Waals surface area contributed by atoms with Crippen LogP contribution in [0, 0.1) is 0 Å². The summed E-state index contributed by atoms with van der Waals surface area (Å²) in [6, 6.07) is 11.2. The number of likely N-dealkylation sites (tertiary alicyclic amines) is 2. The molecule has 0 radical (unpaired) electrons. The Kier molecular flexibility index (Phi) is 11.5. The van der Waals surface area contributed by atoms with Gasteiger partial charge >= 0.3 is 12.1 Å². The maximum Gasteiger partial charge on any atom is 0.322 e. The molecule has 4 heterocycles. The van der Waals surface area contributed by atoms with Gasteiger partial charge in [-0.05, 0) is 93.9 Å². The number of carbonyl (C=O) groups is 3. The fraction of sp³-hybridized carbons (Fsp3) is 0.595. The van der Waals surface area contributed by atoms with Gasteiger partial charge in [0.25, 0.3) is 0 Å². The van der Waals surface area contributed by atoms with E-state index in [2.05, 4.69) is 33.5 Å². The number of halogens is 1. The summed E-state index contributed by atoms with van der Waals surface area (Å²) in [4.78, 5) is 51.8. The number of benzene rings is 2. The summed E-state index contributed by atoms with van der Waals surface area (Å²) in [5.74, 6) is -0.0518. The van der Waals surface area contributed by atoms with Crippen LogP contribution >= 0.6 is 11.6 Å². The molecule has 49 heavy (non-hydrogen) atoms. The lowest BCUT2D eigenvalue weighted by Gasteiger charge is -2.40. The average molecular weight is 693 g/mol. The van der Waals surface area contributed by atoms with E-state index in [9.17, 15) is 14.4 Å². The fourth-order valence-corrected chi connectivity index (χ4v) is 8.31. The van der Waals surface area contributed by atoms with Crippen LogP contribution in [0.4, 0.5) is 21.0 Å². The molecule has 6 rings (SSSR count). The second-order valence-corrected chi connectivity index (χ2v) is 14.6. The van der Waals surface area contributed by atoms with E-state index in [4.69, 9.17) is 17.3 Å². The molecule has 266 valence electrons. The van der Waals surface area contributed by atoms with Crippen LogP contribution in [0.15, 0.2) is 36.4 Å². The van der Waals surface area contributed by atoms with Crippen LogP contribution in [0.5, 0.6) is 0 Å². The fourth-order valence-electron chi connectivity index (χ4n) is 8.05. The second-order valence-electron chi connectivity index (χ2n) is 14.2. The minimum atomic E-state index is -0.729. The average Bonchev–Trinajstić information content (AvgIpc) is 3.44. The van der Waals surface area contributed by atoms with Gasteiger partial charge in [0.1, 0.15) is 6.04 Å². The largest absolute Gasteiger partial charge is 0.397 e. The normalized spacial score (nSPS) is 21.0. The van der Waals surface area contributed by atoms with Crippen molar-refractivity contribution >= 4 is 40.9 Å². The zero-order chi connectivity index (χ0) is 34.5. The molecular formula is C37H53ClN8O3. The van der Waals surface area contributed by atoms with Gasteiger partial charge in [0.05, 0.1) is 10.7 Å². The molecule has 4 aliphatic rings. The first-order chi connectivity index (χ1) is 23.7. The molecule has 12 heteroatoms. The van der Waals surface area contributed by atoms with Crippen LogP contribution in [0.25, 0.3) is 0 Å². The van der Waals surface area contributed by atoms with Crippen molar-refractivity contribution in [2.45, 2.75) is 76.4 Å². The van der Waals surface area contributed by atoms with Crippen molar-refractivity contribution < 1.29 is 14.4 Å². The second kappa shape index (κ2) is 16.0. The van der Waals surface area contributed by atoms with Crippen molar-refractivity contribution in [2.75, 3.05) is 77.0 Å². The van der Waals surface area contributed by atoms with Gasteiger partial charge in [-0.15, -0.1) is 0 Å². The summed E-state index contributed by atoms with van der Waals surface area (Å²) >= 11 is 6.52. The Morgan fingerprint density at radius 2 is 1.65 bits per heavy atom. The molecule has 0 saturated carbocycles. The minimum absolute atomic E-state index is 0.0473. The number of aryl methyl sites for hydroxylation is 1. The first kappa shape index (κ1) is 35.3. The van der Waals surface area contributed by atoms with E-state index in [1.807, 2.05) is 47.1 Å². The van der Waals surface area contributed by atoms with Gasteiger partial charge in [0.2, 0.25) is 5.91 Å². The number of rotatable bonds is 7. The van der Waals surface area contributed by atoms with Crippen LogP contribution in [0.2, 0.25) is 5.02 Å². The van der Waals surface area contributed by atoms with E-state index in [1.165, 1.54) is 6.42 Å². The number of nitrogen functional groups attached to an aromatic ring is 1. The van der Waals surface area contributed by atoms with Crippen molar-refractivity contribution in [3.05, 3.63) is 58.1 Å². The van der Waals surface area contributed by atoms with Crippen molar-refractivity contribution in [2.24, 2.45) is 0 Å². The Balaban J connectivity index is 1.09. The quantitative estimate of drug-likeness (QED) is 0.373. The molecule has 4 aliphatic heterocycles. The zero-order valence-electron chi connectivity index (χ0n) is 29.1. The van der Waals surface area contributed by atoms with Gasteiger partial charge in [0, 0.05) is 70.0 Å². The number of amides is 5. The Bertz CT molecular complexity index is 1490. The summed E-state index contributed by atoms with van der Waals surface area (Å²) in [5.41, 5.74) is 10.6. The Morgan fingerprint density at radius 1 is 0.939 bits per heavy atom. The molecule has 0 spiro atoms. The van der Waals surface area contributed by atoms with E-state index in [0.29, 0.717) is 68.7 Å². The van der Waals surface area contributed by atoms with E-state index in [1.54, 1.807) is 4.90 Å². The van der Waals surface area contributed by atoms with E-state index >= 15 is 0 Å². The van der Waals surface area contributed by atoms with Crippen molar-refractivity contribution in [3.8, 4) is 0 Å². The van der Waals surface area contributed by atoms with Crippen molar-refractivity contribution in [1.82, 2.24) is 29.8 Å². The topological polar surface area (TPSA) is 117 Å². The number of nitrogens with two attached hydrogens (primary N) is 1. The first-order valence-electron chi connectivity index (χ1n) is 18.2. The highest BCUT2D eigenvalue weighted by molar-refractivity contribution is 6.33. The van der Waals surface area contributed by atoms with Gasteiger partial charge in [-0.25, -0.2) is 9.59 Å². The molecule has 5 amide bonds. The molecule has 3 saturated heterocycles. The number of urea groups is 2. The van der Waals surface area contributed by atoms with Gasteiger partial charge in [-0.3, -0.25) is 9.69 Å². The molecular weight excluding hydrogens is 640 g/mol. The maximum atomic E-state index is 14.2. The molecule has 0 unspecified atom stereocenters. The Hall–Kier alpha value is -3.54. The molecule has 3 fully saturated rings. The SMILES string of the molecule is CCc1cc(C[C@@H](NC(=O)N2CCC(N3CCc4ccccc4NC3=O)CC2)C(=O)N2CCC(N3CCCN(C)CC3)CC2)cc(Cl)c1N. The summed E-state index contributed by atoms with van der Waals surface area (Å²) in [5, 5.41) is 6.67. The third-order valence-electron chi connectivity index (χ3n) is 11.1. The third-order valence-corrected chi connectivity index (χ3v) is 11.4. The van der Waals surface area contributed by atoms with Crippen LogP contribution in [-0.4, -0.2) is 127 Å². The standard InChI is InChI=1S/C37H53ClN8O3/c1-3-27-23-26(24-31(38)34(27)39)25-33(35(47)44-16-10-29(11-17-44)43-15-6-14-42(2)21-22-43)41-36(48)45-18-12-30(13-19-45)46-20-9-28-7-4-5-8-32(28)40-37(46)49/h4-5,7-8,23-24,29-30,33H,3,6,9-22,25,39H2,1-2H3,(H,40,49)(H,41,48)/t33-/m1/s1. The lowest BCUT2D eigenvalue weighted by atomic mass is 9.98. The summed E-state index contributed by atoms with van der Waals surface area (Å²) < 4.78 is 0. The van der Waals surface area contributed by atoms with Gasteiger partial charge < -0.3 is 36.0 Å². The number of para-hydroxylation sites is 1. The smallest absolute Gasteiger partial charge is 0.322 e. The highest BCUT2D eigenvalue weighted by Gasteiger charge is 2.35. The number of fused-ring (bicyclic) bond motifs is 1. The molecule has 1 atom stereocenters. The molecule has 0 aromatic heterocycles. The third kappa shape index (κ3) is 8.44. The lowest BCUT2D eigenvalue weighted by Crippen LogP contribution is -2.57. The minimum Gasteiger partial charge on any atom is -0.397 e. The number of carbonyl (C=O) groups excluding carboxylic acids is 3. The number of nitrogens with zero attached hydrogens (tertiary/aromatic N) is 5. The highest BCUT2D eigenvalue weighted by Crippen LogP contribution is 2.28. The van der Waals surface area contributed by atoms with Gasteiger partial charge in [-0.1, -0.05) is 42.8 Å². The highest BCUT2D eigenvalue weighted by atomic mass is 35.5. The Morgan fingerprint density at radius 3 is 2.41 bits per heavy atom. The summed E-state index contributed by atoms with van der Waals surface area (Å²) in [6.07, 6.45) is 6.26. The van der Waals surface area contributed by atoms with Gasteiger partial charge in [0.15, 0.2) is 0 Å². The molecule has 11 nitrogen and oxygen atoms in total. The van der Waals surface area contributed by atoms with Crippen molar-refractivity contribution in [3.63, 3.8) is 0 Å². The van der Waals surface area contributed by atoms with Gasteiger partial charge in [-0.2, -0.15) is 0 Å². The van der Waals surface area contributed by atoms with Crippen LogP contribution in [0.1, 0.15) is 55.7 Å². The first-order valence-corrected chi connectivity index (χ1v) is 18.6. The predicted octanol–water partition coefficient (Wildman–Crippen LogP) is 4.29. The van der Waals surface area contributed by atoms with Crippen LogP contribution in [0.3, 0.4) is 0 Å². The molecule has 2 aromatic rings. The van der Waals surface area contributed by atoms with E-state index in [-0.39, 0.29) is 24.0 Å². The number of likely N-dealkylation sites (N-methyl/N-ethyl adjacent to an activating group) is 1. The Labute approximate surface area is 296 Å². The van der Waals surface area contributed by atoms with Crippen LogP contribution < -0.4 is 16.4 Å².